The zero-order valence-corrected chi connectivity index (χ0v) is 12.5. The van der Waals surface area contributed by atoms with E-state index in [1.54, 1.807) is 18.3 Å². The van der Waals surface area contributed by atoms with Gasteiger partial charge >= 0.3 is 0 Å². The van der Waals surface area contributed by atoms with Gasteiger partial charge < -0.3 is 5.11 Å². The first-order valence-corrected chi connectivity index (χ1v) is 7.65. The molecule has 0 radical (unpaired) electrons. The van der Waals surface area contributed by atoms with Crippen LogP contribution < -0.4 is 0 Å². The van der Waals surface area contributed by atoms with Crippen LogP contribution in [0.5, 0.6) is 5.75 Å². The molecule has 0 heterocycles. The normalized spacial score (nSPS) is 16.1. The van der Waals surface area contributed by atoms with Gasteiger partial charge in [-0.2, -0.15) is 0 Å². The molecule has 23 heavy (non-hydrogen) atoms. The standard InChI is InChI=1S/C20H15NO2/c22-19-13(12-21-14-6-2-1-3-7-14)10-11-17-18(19)15-8-4-5-9-16(15)20(17)23/h1-3,5-7,9-12,22H,4,8H2/b21-12+. The molecule has 4 rings (SSSR count). The lowest BCUT2D eigenvalue weighted by atomic mass is 9.95. The van der Waals surface area contributed by atoms with Gasteiger partial charge in [0.15, 0.2) is 5.78 Å². The molecule has 2 aromatic rings. The summed E-state index contributed by atoms with van der Waals surface area (Å²) < 4.78 is 0. The Balaban J connectivity index is 1.78. The van der Waals surface area contributed by atoms with Gasteiger partial charge in [-0.05, 0) is 42.7 Å². The number of carbonyl (C=O) groups is 1. The first-order chi connectivity index (χ1) is 11.3. The number of phenolic OH excluding ortho intramolecular Hbond substituents is 1. The fourth-order valence-electron chi connectivity index (χ4n) is 3.15. The molecular weight excluding hydrogens is 286 g/mol. The highest BCUT2D eigenvalue weighted by molar-refractivity contribution is 6.23. The number of hydrogen-bond donors (Lipinski definition) is 1. The Morgan fingerprint density at radius 3 is 2.74 bits per heavy atom. The number of phenols is 1. The molecule has 0 saturated heterocycles. The van der Waals surface area contributed by atoms with Gasteiger partial charge in [-0.1, -0.05) is 30.4 Å². The molecule has 0 bridgehead atoms. The molecule has 112 valence electrons. The molecule has 2 aliphatic rings. The van der Waals surface area contributed by atoms with Crippen molar-refractivity contribution in [2.75, 3.05) is 0 Å². The van der Waals surface area contributed by atoms with Crippen LogP contribution in [-0.2, 0) is 0 Å². The van der Waals surface area contributed by atoms with E-state index in [0.29, 0.717) is 16.7 Å². The van der Waals surface area contributed by atoms with E-state index in [9.17, 15) is 9.90 Å². The smallest absolute Gasteiger partial charge is 0.194 e. The molecule has 0 aliphatic heterocycles. The second-order valence-corrected chi connectivity index (χ2v) is 5.68. The number of fused-ring (bicyclic) bond motifs is 2. The van der Waals surface area contributed by atoms with Crippen molar-refractivity contribution < 1.29 is 9.90 Å². The lowest BCUT2D eigenvalue weighted by Gasteiger charge is -2.11. The number of aromatic hydroxyl groups is 1. The van der Waals surface area contributed by atoms with Gasteiger partial charge in [-0.15, -0.1) is 0 Å². The van der Waals surface area contributed by atoms with Crippen LogP contribution in [0.1, 0.15) is 34.3 Å². The molecule has 3 heteroatoms. The Morgan fingerprint density at radius 2 is 1.91 bits per heavy atom. The SMILES string of the molecule is O=C1C2=C(CCC=C2)c2c1ccc(/C=N/c1ccccc1)c2O. The summed E-state index contributed by atoms with van der Waals surface area (Å²) in [4.78, 5) is 16.8. The predicted molar refractivity (Wildman–Crippen MR) is 91.4 cm³/mol. The van der Waals surface area contributed by atoms with Crippen molar-refractivity contribution in [1.29, 1.82) is 0 Å². The van der Waals surface area contributed by atoms with Crippen LogP contribution in [0.3, 0.4) is 0 Å². The average Bonchev–Trinajstić information content (AvgIpc) is 2.89. The van der Waals surface area contributed by atoms with E-state index in [2.05, 4.69) is 4.99 Å². The zero-order valence-electron chi connectivity index (χ0n) is 12.5. The Labute approximate surface area is 134 Å². The van der Waals surface area contributed by atoms with Crippen LogP contribution in [0, 0.1) is 0 Å². The first-order valence-electron chi connectivity index (χ1n) is 7.65. The topological polar surface area (TPSA) is 49.7 Å². The zero-order chi connectivity index (χ0) is 15.8. The van der Waals surface area contributed by atoms with Crippen molar-refractivity contribution in [3.05, 3.63) is 76.9 Å². The number of nitrogens with zero attached hydrogens (tertiary/aromatic N) is 1. The van der Waals surface area contributed by atoms with Gasteiger partial charge in [-0.3, -0.25) is 9.79 Å². The summed E-state index contributed by atoms with van der Waals surface area (Å²) in [6.07, 6.45) is 7.22. The summed E-state index contributed by atoms with van der Waals surface area (Å²) in [5, 5.41) is 10.6. The highest BCUT2D eigenvalue weighted by Gasteiger charge is 2.31. The fraction of sp³-hybridized carbons (Fsp3) is 0.100. The highest BCUT2D eigenvalue weighted by atomic mass is 16.3. The molecule has 0 unspecified atom stereocenters. The lowest BCUT2D eigenvalue weighted by Crippen LogP contribution is -1.97. The fourth-order valence-corrected chi connectivity index (χ4v) is 3.15. The minimum Gasteiger partial charge on any atom is -0.507 e. The average molecular weight is 301 g/mol. The number of para-hydroxylation sites is 1. The maximum Gasteiger partial charge on any atom is 0.194 e. The Bertz CT molecular complexity index is 889. The molecule has 0 saturated carbocycles. The Morgan fingerprint density at radius 1 is 1.09 bits per heavy atom. The number of Topliss-reactive ketones (excluding diaryl/α,β-unsaturated/α-hetero) is 1. The van der Waals surface area contributed by atoms with E-state index in [1.165, 1.54) is 0 Å². The molecule has 0 aromatic heterocycles. The second-order valence-electron chi connectivity index (χ2n) is 5.68. The summed E-state index contributed by atoms with van der Waals surface area (Å²) in [5.41, 5.74) is 4.41. The molecule has 3 nitrogen and oxygen atoms in total. The Kier molecular flexibility index (Phi) is 3.19. The molecule has 2 aliphatic carbocycles. The molecule has 0 amide bonds. The minimum atomic E-state index is 0.00722. The number of carbonyl (C=O) groups excluding carboxylic acids is 1. The number of hydrogen-bond acceptors (Lipinski definition) is 3. The third kappa shape index (κ3) is 2.21. The number of benzene rings is 2. The van der Waals surface area contributed by atoms with Crippen molar-refractivity contribution >= 4 is 23.3 Å². The van der Waals surface area contributed by atoms with Gasteiger partial charge in [0.25, 0.3) is 0 Å². The van der Waals surface area contributed by atoms with E-state index in [0.717, 1.165) is 29.7 Å². The van der Waals surface area contributed by atoms with E-state index in [4.69, 9.17) is 0 Å². The van der Waals surface area contributed by atoms with Crippen molar-refractivity contribution in [3.8, 4) is 5.75 Å². The van der Waals surface area contributed by atoms with Crippen LogP contribution >= 0.6 is 0 Å². The molecular formula is C20H15NO2. The number of allylic oxidation sites excluding steroid dienone is 4. The molecule has 0 fully saturated rings. The lowest BCUT2D eigenvalue weighted by molar-refractivity contribution is 0.104. The number of aliphatic imine (C=N–C) groups is 1. The summed E-state index contributed by atoms with van der Waals surface area (Å²) >= 11 is 0. The largest absolute Gasteiger partial charge is 0.507 e. The van der Waals surface area contributed by atoms with Crippen LogP contribution in [0.15, 0.2) is 65.2 Å². The monoisotopic (exact) mass is 301 g/mol. The molecule has 2 aromatic carbocycles. The van der Waals surface area contributed by atoms with Crippen LogP contribution in [0.4, 0.5) is 5.69 Å². The maximum atomic E-state index is 12.4. The van der Waals surface area contributed by atoms with E-state index >= 15 is 0 Å². The highest BCUT2D eigenvalue weighted by Crippen LogP contribution is 2.44. The summed E-state index contributed by atoms with van der Waals surface area (Å²) in [5.74, 6) is 0.156. The number of ketones is 1. The Hall–Kier alpha value is -2.94. The van der Waals surface area contributed by atoms with E-state index in [-0.39, 0.29) is 11.5 Å². The minimum absolute atomic E-state index is 0.00722. The van der Waals surface area contributed by atoms with E-state index < -0.39 is 0 Å². The summed E-state index contributed by atoms with van der Waals surface area (Å²) in [6.45, 7) is 0. The quantitative estimate of drug-likeness (QED) is 0.833. The van der Waals surface area contributed by atoms with Crippen molar-refractivity contribution in [2.24, 2.45) is 4.99 Å². The molecule has 1 N–H and O–H groups in total. The summed E-state index contributed by atoms with van der Waals surface area (Å²) in [6, 6.07) is 13.1. The van der Waals surface area contributed by atoms with Crippen LogP contribution in [-0.4, -0.2) is 17.1 Å². The van der Waals surface area contributed by atoms with Crippen molar-refractivity contribution in [2.45, 2.75) is 12.8 Å². The third-order valence-electron chi connectivity index (χ3n) is 4.28. The second kappa shape index (κ2) is 5.36. The predicted octanol–water partition coefficient (Wildman–Crippen LogP) is 4.44. The maximum absolute atomic E-state index is 12.4. The van der Waals surface area contributed by atoms with Gasteiger partial charge in [0.2, 0.25) is 0 Å². The van der Waals surface area contributed by atoms with Gasteiger partial charge in [-0.25, -0.2) is 0 Å². The summed E-state index contributed by atoms with van der Waals surface area (Å²) in [7, 11) is 0. The van der Waals surface area contributed by atoms with Gasteiger partial charge in [0.05, 0.1) is 5.69 Å². The first kappa shape index (κ1) is 13.7. The number of rotatable bonds is 2. The van der Waals surface area contributed by atoms with Gasteiger partial charge in [0, 0.05) is 28.5 Å². The van der Waals surface area contributed by atoms with Crippen LogP contribution in [0.2, 0.25) is 0 Å². The van der Waals surface area contributed by atoms with E-state index in [1.807, 2.05) is 42.5 Å². The van der Waals surface area contributed by atoms with Crippen molar-refractivity contribution in [3.63, 3.8) is 0 Å². The third-order valence-corrected chi connectivity index (χ3v) is 4.28. The molecule has 0 atom stereocenters. The van der Waals surface area contributed by atoms with Crippen molar-refractivity contribution in [1.82, 2.24) is 0 Å². The van der Waals surface area contributed by atoms with Gasteiger partial charge in [0.1, 0.15) is 5.75 Å². The molecule has 0 spiro atoms. The van der Waals surface area contributed by atoms with Crippen LogP contribution in [0.25, 0.3) is 5.57 Å².